The molecule has 2 aromatic carbocycles. The van der Waals surface area contributed by atoms with Crippen LogP contribution in [0.15, 0.2) is 48.5 Å². The summed E-state index contributed by atoms with van der Waals surface area (Å²) in [6.45, 7) is 9.51. The first-order valence-corrected chi connectivity index (χ1v) is 8.83. The van der Waals surface area contributed by atoms with Crippen molar-refractivity contribution in [1.29, 1.82) is 0 Å². The van der Waals surface area contributed by atoms with Crippen LogP contribution < -0.4 is 11.1 Å². The Bertz CT molecular complexity index is 865. The van der Waals surface area contributed by atoms with E-state index in [1.54, 1.807) is 36.4 Å². The van der Waals surface area contributed by atoms with Gasteiger partial charge in [0.15, 0.2) is 5.78 Å². The lowest BCUT2D eigenvalue weighted by Crippen LogP contribution is -2.11. The van der Waals surface area contributed by atoms with Gasteiger partial charge in [0, 0.05) is 34.8 Å². The summed E-state index contributed by atoms with van der Waals surface area (Å²) in [6, 6.07) is 13.9. The van der Waals surface area contributed by atoms with Crippen molar-refractivity contribution in [2.75, 3.05) is 11.1 Å². The molecule has 0 saturated carbocycles. The van der Waals surface area contributed by atoms with Gasteiger partial charge in [-0.1, -0.05) is 27.7 Å². The summed E-state index contributed by atoms with van der Waals surface area (Å²) in [5.41, 5.74) is 8.83. The molecule has 5 nitrogen and oxygen atoms in total. The Kier molecular flexibility index (Phi) is 8.09. The molecule has 4 N–H and O–H groups in total. The standard InChI is InChI=1S/C17H15N3O2.2C2H6/c1-10(21)16-9-12-8-14(6-7-15(12)20-16)19-17(22)11-2-4-13(18)5-3-11;2*1-2/h2-9,20H,18H2,1H3,(H,19,22);2*1-2H3. The van der Waals surface area contributed by atoms with Gasteiger partial charge in [-0.25, -0.2) is 0 Å². The number of anilines is 2. The normalized spacial score (nSPS) is 9.42. The van der Waals surface area contributed by atoms with Crippen LogP contribution in [0.25, 0.3) is 10.9 Å². The van der Waals surface area contributed by atoms with Crippen LogP contribution >= 0.6 is 0 Å². The van der Waals surface area contributed by atoms with Crippen LogP contribution in [0.4, 0.5) is 11.4 Å². The van der Waals surface area contributed by atoms with Crippen LogP contribution in [0.3, 0.4) is 0 Å². The number of ketones is 1. The zero-order chi connectivity index (χ0) is 19.7. The van der Waals surface area contributed by atoms with Crippen molar-refractivity contribution < 1.29 is 9.59 Å². The first-order chi connectivity index (χ1) is 12.5. The van der Waals surface area contributed by atoms with E-state index < -0.39 is 0 Å². The van der Waals surface area contributed by atoms with Gasteiger partial charge in [-0.15, -0.1) is 0 Å². The lowest BCUT2D eigenvalue weighted by Gasteiger charge is -2.05. The molecule has 0 aliphatic heterocycles. The van der Waals surface area contributed by atoms with Crippen LogP contribution in [0, 0.1) is 0 Å². The number of rotatable bonds is 3. The van der Waals surface area contributed by atoms with E-state index in [-0.39, 0.29) is 11.7 Å². The number of carbonyl (C=O) groups is 2. The molecule has 0 aliphatic carbocycles. The number of benzene rings is 2. The van der Waals surface area contributed by atoms with Gasteiger partial charge >= 0.3 is 0 Å². The molecule has 0 atom stereocenters. The smallest absolute Gasteiger partial charge is 0.255 e. The van der Waals surface area contributed by atoms with Gasteiger partial charge in [-0.2, -0.15) is 0 Å². The molecule has 0 spiro atoms. The first-order valence-electron chi connectivity index (χ1n) is 8.83. The molecule has 0 saturated heterocycles. The predicted octanol–water partition coefficient (Wildman–Crippen LogP) is 5.26. The minimum absolute atomic E-state index is 0.0244. The molecule has 26 heavy (non-hydrogen) atoms. The number of hydrogen-bond donors (Lipinski definition) is 3. The minimum atomic E-state index is -0.207. The molecule has 138 valence electrons. The predicted molar refractivity (Wildman–Crippen MR) is 110 cm³/mol. The molecular weight excluding hydrogens is 326 g/mol. The summed E-state index contributed by atoms with van der Waals surface area (Å²) in [7, 11) is 0. The third-order valence-electron chi connectivity index (χ3n) is 3.43. The number of Topliss-reactive ketones (excluding diaryl/α,β-unsaturated/α-hetero) is 1. The molecule has 0 fully saturated rings. The summed E-state index contributed by atoms with van der Waals surface area (Å²) < 4.78 is 0. The number of carbonyl (C=O) groups excluding carboxylic acids is 2. The van der Waals surface area contributed by atoms with Gasteiger partial charge in [-0.05, 0) is 48.5 Å². The number of nitrogens with two attached hydrogens (primary N) is 1. The Morgan fingerprint density at radius 2 is 1.54 bits per heavy atom. The van der Waals surface area contributed by atoms with E-state index in [4.69, 9.17) is 5.73 Å². The average Bonchev–Trinajstić information content (AvgIpc) is 3.09. The summed E-state index contributed by atoms with van der Waals surface area (Å²) in [4.78, 5) is 26.6. The van der Waals surface area contributed by atoms with Crippen molar-refractivity contribution in [3.63, 3.8) is 0 Å². The van der Waals surface area contributed by atoms with Crippen LogP contribution in [0.2, 0.25) is 0 Å². The summed E-state index contributed by atoms with van der Waals surface area (Å²) in [5, 5.41) is 3.71. The molecule has 1 amide bonds. The van der Waals surface area contributed by atoms with E-state index in [2.05, 4.69) is 10.3 Å². The van der Waals surface area contributed by atoms with Crippen LogP contribution in [-0.2, 0) is 0 Å². The zero-order valence-electron chi connectivity index (χ0n) is 16.0. The lowest BCUT2D eigenvalue weighted by atomic mass is 10.1. The minimum Gasteiger partial charge on any atom is -0.399 e. The molecule has 0 radical (unpaired) electrons. The summed E-state index contributed by atoms with van der Waals surface area (Å²) >= 11 is 0. The highest BCUT2D eigenvalue weighted by molar-refractivity contribution is 6.05. The summed E-state index contributed by atoms with van der Waals surface area (Å²) in [6.07, 6.45) is 0. The van der Waals surface area contributed by atoms with Crippen molar-refractivity contribution >= 4 is 34.0 Å². The van der Waals surface area contributed by atoms with E-state index in [1.807, 2.05) is 39.8 Å². The maximum atomic E-state index is 12.2. The quantitative estimate of drug-likeness (QED) is 0.443. The number of aromatic nitrogens is 1. The number of nitrogens with one attached hydrogen (secondary N) is 2. The van der Waals surface area contributed by atoms with Crippen LogP contribution in [0.5, 0.6) is 0 Å². The number of amides is 1. The topological polar surface area (TPSA) is 88.0 Å². The number of fused-ring (bicyclic) bond motifs is 1. The van der Waals surface area contributed by atoms with Crippen molar-refractivity contribution in [2.24, 2.45) is 0 Å². The fourth-order valence-electron chi connectivity index (χ4n) is 2.24. The van der Waals surface area contributed by atoms with Crippen LogP contribution in [-0.4, -0.2) is 16.7 Å². The number of H-pyrrole nitrogens is 1. The third kappa shape index (κ3) is 5.21. The van der Waals surface area contributed by atoms with Gasteiger partial charge in [0.25, 0.3) is 5.91 Å². The largest absolute Gasteiger partial charge is 0.399 e. The zero-order valence-corrected chi connectivity index (χ0v) is 16.0. The molecule has 0 unspecified atom stereocenters. The SMILES string of the molecule is CC.CC.CC(=O)c1cc2cc(NC(=O)c3ccc(N)cc3)ccc2[nH]1. The number of aromatic amines is 1. The van der Waals surface area contributed by atoms with Crippen molar-refractivity contribution in [3.05, 3.63) is 59.8 Å². The maximum Gasteiger partial charge on any atom is 0.255 e. The molecule has 1 aromatic heterocycles. The molecule has 5 heteroatoms. The van der Waals surface area contributed by atoms with E-state index >= 15 is 0 Å². The van der Waals surface area contributed by atoms with Crippen LogP contribution in [0.1, 0.15) is 55.5 Å². The third-order valence-corrected chi connectivity index (χ3v) is 3.43. The highest BCUT2D eigenvalue weighted by Gasteiger charge is 2.08. The molecule has 0 aliphatic rings. The highest BCUT2D eigenvalue weighted by atomic mass is 16.1. The van der Waals surface area contributed by atoms with E-state index in [1.165, 1.54) is 6.92 Å². The van der Waals surface area contributed by atoms with Gasteiger partial charge < -0.3 is 16.0 Å². The fraction of sp³-hybridized carbons (Fsp3) is 0.238. The molecule has 3 aromatic rings. The summed E-state index contributed by atoms with van der Waals surface area (Å²) in [5.74, 6) is -0.231. The van der Waals surface area contributed by atoms with Gasteiger partial charge in [0.1, 0.15) is 0 Å². The second-order valence-corrected chi connectivity index (χ2v) is 5.12. The van der Waals surface area contributed by atoms with Gasteiger partial charge in [0.05, 0.1) is 5.69 Å². The molecular formula is C21H27N3O2. The Morgan fingerprint density at radius 3 is 2.12 bits per heavy atom. The Balaban J connectivity index is 0.000000791. The second kappa shape index (κ2) is 10.0. The van der Waals surface area contributed by atoms with E-state index in [0.717, 1.165) is 10.9 Å². The lowest BCUT2D eigenvalue weighted by molar-refractivity contribution is 0.101. The number of nitrogen functional groups attached to an aromatic ring is 1. The van der Waals surface area contributed by atoms with Crippen molar-refractivity contribution in [1.82, 2.24) is 4.98 Å². The Labute approximate surface area is 154 Å². The highest BCUT2D eigenvalue weighted by Crippen LogP contribution is 2.21. The van der Waals surface area contributed by atoms with E-state index in [0.29, 0.717) is 22.6 Å². The molecule has 0 bridgehead atoms. The first kappa shape index (κ1) is 21.0. The fourth-order valence-corrected chi connectivity index (χ4v) is 2.24. The second-order valence-electron chi connectivity index (χ2n) is 5.12. The molecule has 1 heterocycles. The molecule has 3 rings (SSSR count). The van der Waals surface area contributed by atoms with Crippen molar-refractivity contribution in [2.45, 2.75) is 34.6 Å². The monoisotopic (exact) mass is 353 g/mol. The van der Waals surface area contributed by atoms with Gasteiger partial charge in [-0.3, -0.25) is 9.59 Å². The average molecular weight is 353 g/mol. The van der Waals surface area contributed by atoms with Gasteiger partial charge in [0.2, 0.25) is 0 Å². The Hall–Kier alpha value is -3.08. The van der Waals surface area contributed by atoms with Crippen molar-refractivity contribution in [3.8, 4) is 0 Å². The maximum absolute atomic E-state index is 12.2. The van der Waals surface area contributed by atoms with E-state index in [9.17, 15) is 9.59 Å². The Morgan fingerprint density at radius 1 is 0.923 bits per heavy atom. The number of hydrogen-bond acceptors (Lipinski definition) is 3.